The van der Waals surface area contributed by atoms with Crippen molar-refractivity contribution >= 4 is 11.7 Å². The molecule has 0 saturated carbocycles. The molecule has 5 heteroatoms. The first-order chi connectivity index (χ1) is 9.60. The molecular weight excluding hydrogens is 254 g/mol. The van der Waals surface area contributed by atoms with Gasteiger partial charge in [0.05, 0.1) is 6.10 Å². The zero-order valence-corrected chi connectivity index (χ0v) is 12.8. The molecule has 0 radical (unpaired) electrons. The molecule has 112 valence electrons. The summed E-state index contributed by atoms with van der Waals surface area (Å²) >= 11 is 0. The van der Waals surface area contributed by atoms with Gasteiger partial charge in [-0.1, -0.05) is 13.3 Å². The summed E-state index contributed by atoms with van der Waals surface area (Å²) in [5.74, 6) is 0.663. The smallest absolute Gasteiger partial charge is 0.251 e. The van der Waals surface area contributed by atoms with Crippen LogP contribution in [-0.2, 0) is 11.2 Å². The van der Waals surface area contributed by atoms with Crippen molar-refractivity contribution < 1.29 is 9.53 Å². The van der Waals surface area contributed by atoms with E-state index < -0.39 is 0 Å². The van der Waals surface area contributed by atoms with Gasteiger partial charge in [0.2, 0.25) is 0 Å². The number of pyridine rings is 1. The van der Waals surface area contributed by atoms with Crippen molar-refractivity contribution in [1.29, 1.82) is 0 Å². The third-order valence-electron chi connectivity index (χ3n) is 2.96. The maximum absolute atomic E-state index is 12.2. The third kappa shape index (κ3) is 5.17. The van der Waals surface area contributed by atoms with Gasteiger partial charge in [0.1, 0.15) is 5.82 Å². The van der Waals surface area contributed by atoms with Crippen molar-refractivity contribution in [2.24, 2.45) is 0 Å². The maximum Gasteiger partial charge on any atom is 0.251 e. The molecule has 20 heavy (non-hydrogen) atoms. The molecule has 1 heterocycles. The minimum atomic E-state index is -0.0900. The van der Waals surface area contributed by atoms with E-state index in [-0.39, 0.29) is 12.0 Å². The van der Waals surface area contributed by atoms with Crippen molar-refractivity contribution in [3.63, 3.8) is 0 Å². The molecule has 0 aromatic carbocycles. The van der Waals surface area contributed by atoms with Crippen LogP contribution in [0.25, 0.3) is 0 Å². The summed E-state index contributed by atoms with van der Waals surface area (Å²) < 4.78 is 5.12. The van der Waals surface area contributed by atoms with Crippen LogP contribution in [0.2, 0.25) is 0 Å². The Morgan fingerprint density at radius 3 is 2.75 bits per heavy atom. The Hall–Kier alpha value is -1.62. The van der Waals surface area contributed by atoms with Crippen LogP contribution < -0.4 is 10.6 Å². The quantitative estimate of drug-likeness (QED) is 0.766. The van der Waals surface area contributed by atoms with Gasteiger partial charge < -0.3 is 15.4 Å². The first kappa shape index (κ1) is 16.4. The fourth-order valence-corrected chi connectivity index (χ4v) is 1.80. The Morgan fingerprint density at radius 2 is 2.15 bits per heavy atom. The molecule has 1 atom stereocenters. The van der Waals surface area contributed by atoms with Crippen LogP contribution in [0.4, 0.5) is 5.82 Å². The summed E-state index contributed by atoms with van der Waals surface area (Å²) in [6.45, 7) is 7.30. The number of anilines is 1. The summed E-state index contributed by atoms with van der Waals surface area (Å²) in [6.07, 6.45) is 1.88. The van der Waals surface area contributed by atoms with E-state index in [1.54, 1.807) is 13.2 Å². The predicted molar refractivity (Wildman–Crippen MR) is 81.2 cm³/mol. The zero-order chi connectivity index (χ0) is 15.0. The standard InChI is InChI=1S/C15H25N3O2/c1-5-7-13-8-12(9-14(18-13)16-6-2)15(19)17-10-11(3)20-4/h8-9,11H,5-7,10H2,1-4H3,(H,16,18)(H,17,19). The number of hydrogen-bond acceptors (Lipinski definition) is 4. The predicted octanol–water partition coefficient (Wildman–Crippen LogP) is 2.23. The first-order valence-corrected chi connectivity index (χ1v) is 7.16. The fraction of sp³-hybridized carbons (Fsp3) is 0.600. The Bertz CT molecular complexity index is 411. The SMILES string of the molecule is CCCc1cc(C(=O)NCC(C)OC)cc(NCC)n1. The van der Waals surface area contributed by atoms with Gasteiger partial charge in [-0.25, -0.2) is 4.98 Å². The second-order valence-corrected chi connectivity index (χ2v) is 4.77. The monoisotopic (exact) mass is 279 g/mol. The summed E-state index contributed by atoms with van der Waals surface area (Å²) in [7, 11) is 1.63. The van der Waals surface area contributed by atoms with Crippen LogP contribution in [0.3, 0.4) is 0 Å². The molecule has 1 aromatic rings. The molecule has 0 aliphatic rings. The first-order valence-electron chi connectivity index (χ1n) is 7.16. The average molecular weight is 279 g/mol. The second-order valence-electron chi connectivity index (χ2n) is 4.77. The Labute approximate surface area is 121 Å². The highest BCUT2D eigenvalue weighted by Crippen LogP contribution is 2.12. The molecule has 2 N–H and O–H groups in total. The number of methoxy groups -OCH3 is 1. The molecule has 0 spiro atoms. The fourth-order valence-electron chi connectivity index (χ4n) is 1.80. The van der Waals surface area contributed by atoms with E-state index in [9.17, 15) is 4.79 Å². The number of rotatable bonds is 8. The molecule has 1 unspecified atom stereocenters. The van der Waals surface area contributed by atoms with Gasteiger partial charge in [-0.3, -0.25) is 4.79 Å². The van der Waals surface area contributed by atoms with E-state index in [1.807, 2.05) is 19.9 Å². The summed E-state index contributed by atoms with van der Waals surface area (Å²) in [5, 5.41) is 6.03. The van der Waals surface area contributed by atoms with Crippen molar-refractivity contribution in [2.45, 2.75) is 39.7 Å². The van der Waals surface area contributed by atoms with E-state index in [2.05, 4.69) is 22.5 Å². The van der Waals surface area contributed by atoms with Gasteiger partial charge in [-0.05, 0) is 32.4 Å². The number of nitrogens with zero attached hydrogens (tertiary/aromatic N) is 1. The molecule has 1 rings (SSSR count). The highest BCUT2D eigenvalue weighted by atomic mass is 16.5. The van der Waals surface area contributed by atoms with Crippen molar-refractivity contribution in [3.05, 3.63) is 23.4 Å². The Kier molecular flexibility index (Phi) is 7.01. The van der Waals surface area contributed by atoms with Gasteiger partial charge in [0, 0.05) is 31.5 Å². The number of carbonyl (C=O) groups is 1. The molecule has 0 bridgehead atoms. The average Bonchev–Trinajstić information content (AvgIpc) is 2.44. The van der Waals surface area contributed by atoms with Gasteiger partial charge >= 0.3 is 0 Å². The van der Waals surface area contributed by atoms with Gasteiger partial charge in [0.15, 0.2) is 0 Å². The molecule has 1 amide bonds. The molecule has 0 fully saturated rings. The van der Waals surface area contributed by atoms with Crippen molar-refractivity contribution in [2.75, 3.05) is 25.5 Å². The minimum absolute atomic E-state index is 0.00383. The molecule has 0 aliphatic carbocycles. The van der Waals surface area contributed by atoms with E-state index >= 15 is 0 Å². The molecule has 1 aromatic heterocycles. The number of hydrogen-bond donors (Lipinski definition) is 2. The number of aryl methyl sites for hydroxylation is 1. The van der Waals surface area contributed by atoms with Crippen LogP contribution in [0.5, 0.6) is 0 Å². The highest BCUT2D eigenvalue weighted by molar-refractivity contribution is 5.95. The Morgan fingerprint density at radius 1 is 1.40 bits per heavy atom. The number of ether oxygens (including phenoxy) is 1. The van der Waals surface area contributed by atoms with Crippen LogP contribution in [0.15, 0.2) is 12.1 Å². The second kappa shape index (κ2) is 8.53. The lowest BCUT2D eigenvalue weighted by Crippen LogP contribution is -2.31. The molecule has 5 nitrogen and oxygen atoms in total. The summed E-state index contributed by atoms with van der Waals surface area (Å²) in [6, 6.07) is 3.65. The van der Waals surface area contributed by atoms with Crippen molar-refractivity contribution in [1.82, 2.24) is 10.3 Å². The number of amides is 1. The van der Waals surface area contributed by atoms with E-state index in [4.69, 9.17) is 4.74 Å². The van der Waals surface area contributed by atoms with E-state index in [1.165, 1.54) is 0 Å². The summed E-state index contributed by atoms with van der Waals surface area (Å²) in [5.41, 5.74) is 1.58. The van der Waals surface area contributed by atoms with Gasteiger partial charge in [0.25, 0.3) is 5.91 Å². The van der Waals surface area contributed by atoms with E-state index in [0.29, 0.717) is 12.1 Å². The maximum atomic E-state index is 12.2. The lowest BCUT2D eigenvalue weighted by Gasteiger charge is -2.12. The topological polar surface area (TPSA) is 63.2 Å². The minimum Gasteiger partial charge on any atom is -0.380 e. The van der Waals surface area contributed by atoms with Crippen LogP contribution in [0, 0.1) is 0 Å². The number of aromatic nitrogens is 1. The molecule has 0 saturated heterocycles. The number of carbonyl (C=O) groups excluding carboxylic acids is 1. The highest BCUT2D eigenvalue weighted by Gasteiger charge is 2.10. The van der Waals surface area contributed by atoms with Gasteiger partial charge in [-0.2, -0.15) is 0 Å². The van der Waals surface area contributed by atoms with Crippen LogP contribution >= 0.6 is 0 Å². The van der Waals surface area contributed by atoms with Crippen molar-refractivity contribution in [3.8, 4) is 0 Å². The lowest BCUT2D eigenvalue weighted by atomic mass is 10.1. The third-order valence-corrected chi connectivity index (χ3v) is 2.96. The zero-order valence-electron chi connectivity index (χ0n) is 12.8. The molecule has 0 aliphatic heterocycles. The lowest BCUT2D eigenvalue weighted by molar-refractivity contribution is 0.0870. The van der Waals surface area contributed by atoms with Gasteiger partial charge in [-0.15, -0.1) is 0 Å². The summed E-state index contributed by atoms with van der Waals surface area (Å²) in [4.78, 5) is 16.6. The Balaban J connectivity index is 2.83. The van der Waals surface area contributed by atoms with Crippen LogP contribution in [-0.4, -0.2) is 37.2 Å². The normalized spacial score (nSPS) is 12.0. The van der Waals surface area contributed by atoms with Crippen LogP contribution in [0.1, 0.15) is 43.2 Å². The molecular formula is C15H25N3O2. The van der Waals surface area contributed by atoms with E-state index in [0.717, 1.165) is 30.9 Å². The largest absolute Gasteiger partial charge is 0.380 e. The number of nitrogens with one attached hydrogen (secondary N) is 2.